The highest BCUT2D eigenvalue weighted by molar-refractivity contribution is 4.63. The van der Waals surface area contributed by atoms with Crippen LogP contribution in [0.1, 0.15) is 41.0 Å². The van der Waals surface area contributed by atoms with E-state index in [2.05, 4.69) is 11.8 Å². The van der Waals surface area contributed by atoms with E-state index in [4.69, 9.17) is 10.2 Å². The average molecular weight is 205 g/mol. The summed E-state index contributed by atoms with van der Waals surface area (Å²) in [5.74, 6) is 0. The molecule has 0 saturated heterocycles. The zero-order chi connectivity index (χ0) is 11.6. The Morgan fingerprint density at radius 1 is 1.00 bits per heavy atom. The van der Waals surface area contributed by atoms with Crippen molar-refractivity contribution < 1.29 is 10.2 Å². The summed E-state index contributed by atoms with van der Waals surface area (Å²) in [6, 6.07) is 0. The van der Waals surface area contributed by atoms with Gasteiger partial charge in [-0.2, -0.15) is 0 Å². The van der Waals surface area contributed by atoms with Crippen molar-refractivity contribution in [3.63, 3.8) is 0 Å². The average Bonchev–Trinajstić information content (AvgIpc) is 2.06. The van der Waals surface area contributed by atoms with Crippen LogP contribution in [-0.2, 0) is 0 Å². The Balaban J connectivity index is 0. The fourth-order valence-corrected chi connectivity index (χ4v) is 1.32. The maximum absolute atomic E-state index is 9.14. The van der Waals surface area contributed by atoms with Gasteiger partial charge in [-0.25, -0.2) is 0 Å². The Morgan fingerprint density at radius 3 is 1.57 bits per heavy atom. The zero-order valence-electron chi connectivity index (χ0n) is 10.3. The molecule has 88 valence electrons. The summed E-state index contributed by atoms with van der Waals surface area (Å²) in [5.41, 5.74) is 0. The van der Waals surface area contributed by atoms with Gasteiger partial charge in [0.1, 0.15) is 0 Å². The third kappa shape index (κ3) is 11.9. The summed E-state index contributed by atoms with van der Waals surface area (Å²) in [5, 5.41) is 18.3. The zero-order valence-corrected chi connectivity index (χ0v) is 10.3. The molecule has 0 aromatic heterocycles. The molecule has 0 radical (unpaired) electrons. The summed E-state index contributed by atoms with van der Waals surface area (Å²) < 4.78 is 0. The van der Waals surface area contributed by atoms with Gasteiger partial charge in [-0.1, -0.05) is 20.8 Å². The van der Waals surface area contributed by atoms with Crippen LogP contribution in [0.15, 0.2) is 0 Å². The smallest absolute Gasteiger partial charge is 0.0639 e. The predicted octanol–water partition coefficient (Wildman–Crippen LogP) is 1.49. The highest BCUT2D eigenvalue weighted by atomic mass is 16.3. The van der Waals surface area contributed by atoms with Crippen molar-refractivity contribution in [3.05, 3.63) is 0 Å². The summed E-state index contributed by atoms with van der Waals surface area (Å²) >= 11 is 0. The summed E-state index contributed by atoms with van der Waals surface area (Å²) in [6.45, 7) is 11.9. The van der Waals surface area contributed by atoms with Crippen LogP contribution >= 0.6 is 0 Å². The van der Waals surface area contributed by atoms with Crippen LogP contribution in [0.25, 0.3) is 0 Å². The third-order valence-electron chi connectivity index (χ3n) is 1.58. The highest BCUT2D eigenvalue weighted by Gasteiger charge is 2.09. The molecule has 0 fully saturated rings. The van der Waals surface area contributed by atoms with Crippen LogP contribution in [0, 0.1) is 0 Å². The van der Waals surface area contributed by atoms with Gasteiger partial charge in [-0.15, -0.1) is 0 Å². The van der Waals surface area contributed by atoms with Crippen LogP contribution in [0.2, 0.25) is 0 Å². The van der Waals surface area contributed by atoms with Crippen LogP contribution in [-0.4, -0.2) is 47.0 Å². The molecule has 0 aromatic carbocycles. The number of aliphatic hydroxyl groups excluding tert-OH is 2. The van der Waals surface area contributed by atoms with E-state index < -0.39 is 0 Å². The number of aliphatic hydroxyl groups is 2. The molecule has 0 spiro atoms. The van der Waals surface area contributed by atoms with Gasteiger partial charge in [-0.3, -0.25) is 4.90 Å². The van der Waals surface area contributed by atoms with Crippen molar-refractivity contribution in [1.82, 2.24) is 4.90 Å². The fraction of sp³-hybridized carbons (Fsp3) is 1.00. The van der Waals surface area contributed by atoms with Crippen LogP contribution < -0.4 is 0 Å². The Hall–Kier alpha value is -0.120. The molecule has 3 heteroatoms. The summed E-state index contributed by atoms with van der Waals surface area (Å²) in [7, 11) is 0. The SMILES string of the molecule is CC.CCCN(CC(C)O)CC(C)O. The van der Waals surface area contributed by atoms with E-state index in [1.807, 2.05) is 13.8 Å². The van der Waals surface area contributed by atoms with Gasteiger partial charge in [-0.05, 0) is 26.8 Å². The van der Waals surface area contributed by atoms with E-state index in [9.17, 15) is 0 Å². The minimum absolute atomic E-state index is 0.310. The lowest BCUT2D eigenvalue weighted by Gasteiger charge is -2.24. The molecule has 0 bridgehead atoms. The molecule has 0 aliphatic heterocycles. The van der Waals surface area contributed by atoms with Gasteiger partial charge in [0.25, 0.3) is 0 Å². The standard InChI is InChI=1S/C9H21NO2.C2H6/c1-4-5-10(6-8(2)11)7-9(3)12;1-2/h8-9,11-12H,4-7H2,1-3H3;1-2H3. The first-order valence-corrected chi connectivity index (χ1v) is 5.64. The van der Waals surface area contributed by atoms with E-state index in [1.54, 1.807) is 13.8 Å². The molecular weight excluding hydrogens is 178 g/mol. The normalized spacial score (nSPS) is 14.6. The minimum Gasteiger partial charge on any atom is -0.392 e. The molecule has 0 amide bonds. The molecule has 2 N–H and O–H groups in total. The lowest BCUT2D eigenvalue weighted by Crippen LogP contribution is -2.36. The molecule has 14 heavy (non-hydrogen) atoms. The molecule has 0 aromatic rings. The van der Waals surface area contributed by atoms with E-state index in [0.717, 1.165) is 13.0 Å². The quantitative estimate of drug-likeness (QED) is 0.690. The molecule has 0 heterocycles. The molecule has 3 nitrogen and oxygen atoms in total. The maximum atomic E-state index is 9.14. The second-order valence-electron chi connectivity index (χ2n) is 3.46. The van der Waals surface area contributed by atoms with E-state index in [-0.39, 0.29) is 12.2 Å². The first kappa shape index (κ1) is 16.3. The number of nitrogens with zero attached hydrogens (tertiary/aromatic N) is 1. The van der Waals surface area contributed by atoms with Gasteiger partial charge < -0.3 is 10.2 Å². The summed E-state index contributed by atoms with van der Waals surface area (Å²) in [6.07, 6.45) is 0.435. The van der Waals surface area contributed by atoms with Crippen molar-refractivity contribution in [2.75, 3.05) is 19.6 Å². The molecular formula is C11H27NO2. The molecule has 2 atom stereocenters. The number of hydrogen-bond acceptors (Lipinski definition) is 3. The first-order chi connectivity index (χ1) is 6.56. The van der Waals surface area contributed by atoms with Gasteiger partial charge in [0.05, 0.1) is 12.2 Å². The van der Waals surface area contributed by atoms with E-state index in [0.29, 0.717) is 13.1 Å². The molecule has 0 saturated carbocycles. The molecule has 2 unspecified atom stereocenters. The van der Waals surface area contributed by atoms with Gasteiger partial charge in [0.15, 0.2) is 0 Å². The van der Waals surface area contributed by atoms with Gasteiger partial charge in [0, 0.05) is 13.1 Å². The minimum atomic E-state index is -0.310. The van der Waals surface area contributed by atoms with Crippen molar-refractivity contribution in [1.29, 1.82) is 0 Å². The lowest BCUT2D eigenvalue weighted by atomic mass is 10.3. The topological polar surface area (TPSA) is 43.7 Å². The largest absolute Gasteiger partial charge is 0.392 e. The molecule has 0 rings (SSSR count). The molecule has 0 aliphatic rings. The van der Waals surface area contributed by atoms with Crippen molar-refractivity contribution in [3.8, 4) is 0 Å². The lowest BCUT2D eigenvalue weighted by molar-refractivity contribution is 0.0837. The third-order valence-corrected chi connectivity index (χ3v) is 1.58. The maximum Gasteiger partial charge on any atom is 0.0639 e. The van der Waals surface area contributed by atoms with Crippen LogP contribution in [0.3, 0.4) is 0 Å². The van der Waals surface area contributed by atoms with Crippen molar-refractivity contribution in [2.24, 2.45) is 0 Å². The summed E-state index contributed by atoms with van der Waals surface area (Å²) in [4.78, 5) is 2.08. The second kappa shape index (κ2) is 11.0. The van der Waals surface area contributed by atoms with Gasteiger partial charge in [0.2, 0.25) is 0 Å². The number of hydrogen-bond donors (Lipinski definition) is 2. The van der Waals surface area contributed by atoms with Crippen molar-refractivity contribution in [2.45, 2.75) is 53.2 Å². The van der Waals surface area contributed by atoms with Gasteiger partial charge >= 0.3 is 0 Å². The Kier molecular flexibility index (Phi) is 12.8. The number of rotatable bonds is 6. The Bertz CT molecular complexity index is 95.5. The van der Waals surface area contributed by atoms with E-state index in [1.165, 1.54) is 0 Å². The second-order valence-corrected chi connectivity index (χ2v) is 3.46. The van der Waals surface area contributed by atoms with Crippen LogP contribution in [0.5, 0.6) is 0 Å². The molecule has 0 aliphatic carbocycles. The predicted molar refractivity (Wildman–Crippen MR) is 61.4 cm³/mol. The monoisotopic (exact) mass is 205 g/mol. The van der Waals surface area contributed by atoms with E-state index >= 15 is 0 Å². The Morgan fingerprint density at radius 2 is 1.36 bits per heavy atom. The first-order valence-electron chi connectivity index (χ1n) is 5.64. The fourth-order valence-electron chi connectivity index (χ4n) is 1.32. The Labute approximate surface area is 88.7 Å². The highest BCUT2D eigenvalue weighted by Crippen LogP contribution is 1.96. The van der Waals surface area contributed by atoms with Crippen molar-refractivity contribution >= 4 is 0 Å². The van der Waals surface area contributed by atoms with Crippen LogP contribution in [0.4, 0.5) is 0 Å².